The average Bonchev–Trinajstić information content (AvgIpc) is 3.13. The maximum atomic E-state index is 13.5. The summed E-state index contributed by atoms with van der Waals surface area (Å²) in [7, 11) is 4.09. The van der Waals surface area contributed by atoms with Gasteiger partial charge in [0.2, 0.25) is 11.8 Å². The van der Waals surface area contributed by atoms with Gasteiger partial charge in [-0.1, -0.05) is 18.2 Å². The standard InChI is InChI=1S/C22H24N4O2/c1-15-23-24-21(28-15)17-8-10-18(11-9-17)22(27)26-19(14-25(2)3)13-12-16-6-4-5-7-20(16)26/h4-11,19H,12-14H2,1-3H3. The third kappa shape index (κ3) is 3.55. The van der Waals surface area contributed by atoms with Gasteiger partial charge in [-0.05, 0) is 62.8 Å². The van der Waals surface area contributed by atoms with E-state index in [-0.39, 0.29) is 11.9 Å². The van der Waals surface area contributed by atoms with Crippen LogP contribution in [0.1, 0.15) is 28.2 Å². The summed E-state index contributed by atoms with van der Waals surface area (Å²) in [5.41, 5.74) is 3.70. The van der Waals surface area contributed by atoms with Crippen LogP contribution in [-0.2, 0) is 6.42 Å². The van der Waals surface area contributed by atoms with E-state index < -0.39 is 0 Å². The van der Waals surface area contributed by atoms with Crippen molar-refractivity contribution in [2.24, 2.45) is 0 Å². The third-order valence-electron chi connectivity index (χ3n) is 5.06. The number of carbonyl (C=O) groups is 1. The predicted molar refractivity (Wildman–Crippen MR) is 108 cm³/mol. The van der Waals surface area contributed by atoms with Crippen molar-refractivity contribution in [3.63, 3.8) is 0 Å². The molecule has 1 aromatic heterocycles. The Hall–Kier alpha value is -2.99. The van der Waals surface area contributed by atoms with Crippen molar-refractivity contribution in [2.45, 2.75) is 25.8 Å². The van der Waals surface area contributed by atoms with Crippen molar-refractivity contribution < 1.29 is 9.21 Å². The van der Waals surface area contributed by atoms with E-state index in [1.54, 1.807) is 6.92 Å². The number of anilines is 1. The summed E-state index contributed by atoms with van der Waals surface area (Å²) in [6.45, 7) is 2.59. The topological polar surface area (TPSA) is 62.5 Å². The quantitative estimate of drug-likeness (QED) is 0.697. The van der Waals surface area contributed by atoms with E-state index >= 15 is 0 Å². The highest BCUT2D eigenvalue weighted by Crippen LogP contribution is 2.32. The van der Waals surface area contributed by atoms with Crippen molar-refractivity contribution >= 4 is 11.6 Å². The van der Waals surface area contributed by atoms with Crippen molar-refractivity contribution in [3.05, 3.63) is 65.5 Å². The predicted octanol–water partition coefficient (Wildman–Crippen LogP) is 3.57. The maximum absolute atomic E-state index is 13.5. The summed E-state index contributed by atoms with van der Waals surface area (Å²) in [5, 5.41) is 7.90. The lowest BCUT2D eigenvalue weighted by Gasteiger charge is -2.38. The zero-order valence-electron chi connectivity index (χ0n) is 16.4. The van der Waals surface area contributed by atoms with Crippen LogP contribution in [0.5, 0.6) is 0 Å². The molecule has 6 nitrogen and oxygen atoms in total. The first-order valence-corrected chi connectivity index (χ1v) is 9.49. The van der Waals surface area contributed by atoms with Gasteiger partial charge in [-0.15, -0.1) is 10.2 Å². The molecule has 6 heteroatoms. The Morgan fingerprint density at radius 1 is 1.14 bits per heavy atom. The summed E-state index contributed by atoms with van der Waals surface area (Å²) in [6, 6.07) is 15.7. The minimum Gasteiger partial charge on any atom is -0.421 e. The van der Waals surface area contributed by atoms with Gasteiger partial charge in [0, 0.05) is 30.3 Å². The molecule has 0 aliphatic carbocycles. The van der Waals surface area contributed by atoms with Gasteiger partial charge in [0.25, 0.3) is 5.91 Å². The van der Waals surface area contributed by atoms with Crippen molar-refractivity contribution in [1.82, 2.24) is 15.1 Å². The first kappa shape index (κ1) is 18.4. The number of hydrogen-bond acceptors (Lipinski definition) is 5. The molecule has 1 aliphatic heterocycles. The molecule has 1 atom stereocenters. The van der Waals surface area contributed by atoms with Crippen LogP contribution >= 0.6 is 0 Å². The van der Waals surface area contributed by atoms with Crippen molar-refractivity contribution in [3.8, 4) is 11.5 Å². The van der Waals surface area contributed by atoms with E-state index in [1.165, 1.54) is 5.56 Å². The second-order valence-corrected chi connectivity index (χ2v) is 7.46. The molecular weight excluding hydrogens is 352 g/mol. The molecule has 0 bridgehead atoms. The molecule has 0 N–H and O–H groups in total. The maximum Gasteiger partial charge on any atom is 0.258 e. The van der Waals surface area contributed by atoms with Gasteiger partial charge in [-0.2, -0.15) is 0 Å². The highest BCUT2D eigenvalue weighted by atomic mass is 16.4. The number of rotatable bonds is 4. The first-order valence-electron chi connectivity index (χ1n) is 9.49. The Morgan fingerprint density at radius 2 is 1.89 bits per heavy atom. The fraction of sp³-hybridized carbons (Fsp3) is 0.318. The molecule has 3 aromatic rings. The number of aryl methyl sites for hydroxylation is 2. The number of benzene rings is 2. The molecule has 144 valence electrons. The molecule has 0 spiro atoms. The van der Waals surface area contributed by atoms with E-state index in [0.717, 1.165) is 30.6 Å². The summed E-state index contributed by atoms with van der Waals surface area (Å²) in [4.78, 5) is 17.6. The van der Waals surface area contributed by atoms with E-state index in [1.807, 2.05) is 61.5 Å². The van der Waals surface area contributed by atoms with Crippen LogP contribution in [0.3, 0.4) is 0 Å². The van der Waals surface area contributed by atoms with Crippen molar-refractivity contribution in [2.75, 3.05) is 25.5 Å². The Bertz CT molecular complexity index is 978. The number of hydrogen-bond donors (Lipinski definition) is 0. The van der Waals surface area contributed by atoms with Crippen LogP contribution in [0.4, 0.5) is 5.69 Å². The summed E-state index contributed by atoms with van der Waals surface area (Å²) < 4.78 is 5.47. The molecule has 28 heavy (non-hydrogen) atoms. The van der Waals surface area contributed by atoms with Crippen LogP contribution in [0.15, 0.2) is 52.9 Å². The lowest BCUT2D eigenvalue weighted by atomic mass is 9.94. The lowest BCUT2D eigenvalue weighted by molar-refractivity contribution is 0.0968. The van der Waals surface area contributed by atoms with E-state index in [9.17, 15) is 4.79 Å². The Labute approximate surface area is 164 Å². The first-order chi connectivity index (χ1) is 13.5. The number of amides is 1. The van der Waals surface area contributed by atoms with Gasteiger partial charge in [0.05, 0.1) is 6.04 Å². The smallest absolute Gasteiger partial charge is 0.258 e. The number of para-hydroxylation sites is 1. The van der Waals surface area contributed by atoms with E-state index in [0.29, 0.717) is 17.3 Å². The van der Waals surface area contributed by atoms with Gasteiger partial charge in [-0.25, -0.2) is 0 Å². The fourth-order valence-corrected chi connectivity index (χ4v) is 3.78. The minimum absolute atomic E-state index is 0.0206. The monoisotopic (exact) mass is 376 g/mol. The van der Waals surface area contributed by atoms with Crippen LogP contribution in [0, 0.1) is 6.92 Å². The molecule has 0 saturated heterocycles. The SMILES string of the molecule is Cc1nnc(-c2ccc(C(=O)N3c4ccccc4CCC3CN(C)C)cc2)o1. The summed E-state index contributed by atoms with van der Waals surface area (Å²) in [5.74, 6) is 1.00. The zero-order chi connectivity index (χ0) is 19.7. The lowest BCUT2D eigenvalue weighted by Crippen LogP contribution is -2.48. The molecule has 2 aromatic carbocycles. The Balaban J connectivity index is 1.66. The second-order valence-electron chi connectivity index (χ2n) is 7.46. The molecule has 1 amide bonds. The molecule has 0 fully saturated rings. The van der Waals surface area contributed by atoms with E-state index in [4.69, 9.17) is 4.42 Å². The second kappa shape index (κ2) is 7.56. The Morgan fingerprint density at radius 3 is 2.57 bits per heavy atom. The minimum atomic E-state index is 0.0206. The van der Waals surface area contributed by atoms with Gasteiger partial charge in [-0.3, -0.25) is 4.79 Å². The van der Waals surface area contributed by atoms with Gasteiger partial charge in [0.1, 0.15) is 0 Å². The normalized spacial score (nSPS) is 16.3. The number of aromatic nitrogens is 2. The molecule has 2 heterocycles. The number of fused-ring (bicyclic) bond motifs is 1. The number of likely N-dealkylation sites (N-methyl/N-ethyl adjacent to an activating group) is 1. The molecule has 0 radical (unpaired) electrons. The highest BCUT2D eigenvalue weighted by Gasteiger charge is 2.31. The van der Waals surface area contributed by atoms with Crippen molar-refractivity contribution in [1.29, 1.82) is 0 Å². The van der Waals surface area contributed by atoms with Crippen LogP contribution in [0.2, 0.25) is 0 Å². The molecule has 1 aliphatic rings. The summed E-state index contributed by atoms with van der Waals surface area (Å²) >= 11 is 0. The average molecular weight is 376 g/mol. The fourth-order valence-electron chi connectivity index (χ4n) is 3.78. The van der Waals surface area contributed by atoms with Gasteiger partial charge < -0.3 is 14.2 Å². The van der Waals surface area contributed by atoms with Gasteiger partial charge in [0.15, 0.2) is 0 Å². The van der Waals surface area contributed by atoms with Gasteiger partial charge >= 0.3 is 0 Å². The third-order valence-corrected chi connectivity index (χ3v) is 5.06. The molecule has 4 rings (SSSR count). The van der Waals surface area contributed by atoms with E-state index in [2.05, 4.69) is 21.2 Å². The summed E-state index contributed by atoms with van der Waals surface area (Å²) in [6.07, 6.45) is 1.95. The molecule has 1 unspecified atom stereocenters. The number of carbonyl (C=O) groups excluding carboxylic acids is 1. The molecule has 0 saturated carbocycles. The van der Waals surface area contributed by atoms with Crippen LogP contribution in [-0.4, -0.2) is 47.7 Å². The highest BCUT2D eigenvalue weighted by molar-refractivity contribution is 6.07. The van der Waals surface area contributed by atoms with Crippen LogP contribution < -0.4 is 4.90 Å². The largest absolute Gasteiger partial charge is 0.421 e. The molecular formula is C22H24N4O2. The zero-order valence-corrected chi connectivity index (χ0v) is 16.4. The Kier molecular flexibility index (Phi) is 4.96. The number of nitrogens with zero attached hydrogens (tertiary/aromatic N) is 4. The van der Waals surface area contributed by atoms with Crippen LogP contribution in [0.25, 0.3) is 11.5 Å².